The van der Waals surface area contributed by atoms with Gasteiger partial charge in [0, 0.05) is 11.3 Å². The van der Waals surface area contributed by atoms with E-state index in [2.05, 4.69) is 10.3 Å². The molecule has 0 aromatic carbocycles. The van der Waals surface area contributed by atoms with Crippen molar-refractivity contribution in [1.29, 1.82) is 0 Å². The van der Waals surface area contributed by atoms with Crippen LogP contribution in [0.3, 0.4) is 0 Å². The van der Waals surface area contributed by atoms with Crippen molar-refractivity contribution in [3.05, 3.63) is 38.7 Å². The third kappa shape index (κ3) is 2.41. The number of carbonyl (C=O) groups excluding carboxylic acids is 1. The first-order valence-corrected chi connectivity index (χ1v) is 6.17. The molecule has 0 saturated heterocycles. The number of hydrogen-bond donors (Lipinski definition) is 1. The molecule has 0 aliphatic carbocycles. The lowest BCUT2D eigenvalue weighted by atomic mass is 10.0. The van der Waals surface area contributed by atoms with Crippen LogP contribution in [-0.4, -0.2) is 11.0 Å². The van der Waals surface area contributed by atoms with Gasteiger partial charge in [0.2, 0.25) is 5.72 Å². The number of ether oxygens (including phenoxy) is 1. The molecule has 96 valence electrons. The van der Waals surface area contributed by atoms with E-state index in [1.165, 1.54) is 0 Å². The fourth-order valence-corrected chi connectivity index (χ4v) is 2.24. The first-order chi connectivity index (χ1) is 8.32. The maximum Gasteiger partial charge on any atom is 0.353 e. The van der Waals surface area contributed by atoms with Gasteiger partial charge >= 0.3 is 5.97 Å². The van der Waals surface area contributed by atoms with Gasteiger partial charge in [-0.15, -0.1) is 0 Å². The van der Waals surface area contributed by atoms with Crippen LogP contribution in [0.1, 0.15) is 19.4 Å². The van der Waals surface area contributed by atoms with Gasteiger partial charge in [0.25, 0.3) is 0 Å². The molecule has 1 atom stereocenters. The summed E-state index contributed by atoms with van der Waals surface area (Å²) in [7, 11) is 0. The molecule has 2 heterocycles. The van der Waals surface area contributed by atoms with E-state index in [9.17, 15) is 4.79 Å². The summed E-state index contributed by atoms with van der Waals surface area (Å²) in [5.41, 5.74) is 0.0410. The lowest BCUT2D eigenvalue weighted by Crippen LogP contribution is -2.46. The van der Waals surface area contributed by atoms with Crippen LogP contribution in [0.2, 0.25) is 10.3 Å². The standard InChI is InChI=1S/C11H9Cl3N2O2/c1-5-9(14)10(17)18-11(2,16-5)6-3-7(12)15-8(13)4-6/h3-4,16H,1-2H3/t11-/m1/s1. The Morgan fingerprint density at radius 1 is 1.28 bits per heavy atom. The quantitative estimate of drug-likeness (QED) is 0.639. The van der Waals surface area contributed by atoms with Crippen LogP contribution in [-0.2, 0) is 15.3 Å². The Morgan fingerprint density at radius 3 is 2.33 bits per heavy atom. The Bertz CT molecular complexity index is 539. The minimum absolute atomic E-state index is 0.0266. The molecular weight excluding hydrogens is 298 g/mol. The van der Waals surface area contributed by atoms with Crippen molar-refractivity contribution in [2.24, 2.45) is 0 Å². The van der Waals surface area contributed by atoms with Gasteiger partial charge in [-0.05, 0) is 26.0 Å². The number of aromatic nitrogens is 1. The molecule has 1 N–H and O–H groups in total. The van der Waals surface area contributed by atoms with Crippen LogP contribution in [0.15, 0.2) is 22.9 Å². The summed E-state index contributed by atoms with van der Waals surface area (Å²) in [5, 5.41) is 3.46. The molecule has 0 radical (unpaired) electrons. The number of hydrogen-bond acceptors (Lipinski definition) is 4. The molecule has 1 aromatic rings. The van der Waals surface area contributed by atoms with E-state index in [0.29, 0.717) is 11.3 Å². The molecule has 0 bridgehead atoms. The monoisotopic (exact) mass is 306 g/mol. The Balaban J connectivity index is 2.47. The number of halogens is 3. The fraction of sp³-hybridized carbons (Fsp3) is 0.273. The molecule has 0 amide bonds. The summed E-state index contributed by atoms with van der Waals surface area (Å²) in [5.74, 6) is -0.598. The summed E-state index contributed by atoms with van der Waals surface area (Å²) in [4.78, 5) is 15.5. The predicted octanol–water partition coefficient (Wildman–Crippen LogP) is 3.18. The highest BCUT2D eigenvalue weighted by molar-refractivity contribution is 6.41. The van der Waals surface area contributed by atoms with Crippen LogP contribution in [0, 0.1) is 0 Å². The lowest BCUT2D eigenvalue weighted by molar-refractivity contribution is -0.159. The number of rotatable bonds is 1. The topological polar surface area (TPSA) is 51.2 Å². The number of carbonyl (C=O) groups is 1. The maximum atomic E-state index is 11.6. The van der Waals surface area contributed by atoms with Crippen molar-refractivity contribution in [3.63, 3.8) is 0 Å². The van der Waals surface area contributed by atoms with Gasteiger partial charge in [-0.2, -0.15) is 0 Å². The van der Waals surface area contributed by atoms with E-state index < -0.39 is 11.7 Å². The van der Waals surface area contributed by atoms with Crippen molar-refractivity contribution in [3.8, 4) is 0 Å². The van der Waals surface area contributed by atoms with Gasteiger partial charge in [0.1, 0.15) is 15.3 Å². The molecule has 0 fully saturated rings. The molecule has 1 aliphatic heterocycles. The Labute approximate surface area is 119 Å². The summed E-state index contributed by atoms with van der Waals surface area (Å²) < 4.78 is 5.27. The molecule has 0 unspecified atom stereocenters. The number of nitrogens with zero attached hydrogens (tertiary/aromatic N) is 1. The zero-order valence-corrected chi connectivity index (χ0v) is 11.8. The highest BCUT2D eigenvalue weighted by atomic mass is 35.5. The molecule has 0 spiro atoms. The van der Waals surface area contributed by atoms with E-state index in [1.54, 1.807) is 26.0 Å². The number of esters is 1. The van der Waals surface area contributed by atoms with Gasteiger partial charge in [-0.3, -0.25) is 0 Å². The fourth-order valence-electron chi connectivity index (χ4n) is 1.69. The predicted molar refractivity (Wildman–Crippen MR) is 69.4 cm³/mol. The number of nitrogens with one attached hydrogen (secondary N) is 1. The van der Waals surface area contributed by atoms with E-state index >= 15 is 0 Å². The van der Waals surface area contributed by atoms with Crippen LogP contribution in [0.5, 0.6) is 0 Å². The van der Waals surface area contributed by atoms with Crippen molar-refractivity contribution < 1.29 is 9.53 Å². The number of cyclic esters (lactones) is 1. The van der Waals surface area contributed by atoms with Gasteiger partial charge in [0.15, 0.2) is 0 Å². The molecule has 1 aliphatic rings. The Hall–Kier alpha value is -0.970. The van der Waals surface area contributed by atoms with Crippen LogP contribution in [0.4, 0.5) is 0 Å². The van der Waals surface area contributed by atoms with Gasteiger partial charge in [-0.25, -0.2) is 9.78 Å². The molecule has 0 saturated carbocycles. The Kier molecular flexibility index (Phi) is 3.45. The van der Waals surface area contributed by atoms with Crippen molar-refractivity contribution in [2.45, 2.75) is 19.6 Å². The van der Waals surface area contributed by atoms with Crippen molar-refractivity contribution in [1.82, 2.24) is 10.3 Å². The summed E-state index contributed by atoms with van der Waals surface area (Å²) in [6, 6.07) is 3.14. The minimum Gasteiger partial charge on any atom is -0.431 e. The smallest absolute Gasteiger partial charge is 0.353 e. The molecule has 7 heteroatoms. The van der Waals surface area contributed by atoms with Crippen molar-refractivity contribution in [2.75, 3.05) is 0 Å². The van der Waals surface area contributed by atoms with E-state index in [0.717, 1.165) is 0 Å². The van der Waals surface area contributed by atoms with Gasteiger partial charge in [0.05, 0.1) is 0 Å². The Morgan fingerprint density at radius 2 is 1.83 bits per heavy atom. The van der Waals surface area contributed by atoms with Gasteiger partial charge in [-0.1, -0.05) is 34.8 Å². The summed E-state index contributed by atoms with van der Waals surface area (Å²) >= 11 is 17.4. The largest absolute Gasteiger partial charge is 0.431 e. The molecule has 1 aromatic heterocycles. The van der Waals surface area contributed by atoms with Crippen LogP contribution < -0.4 is 5.32 Å². The number of allylic oxidation sites excluding steroid dienone is 1. The first-order valence-electron chi connectivity index (χ1n) is 5.03. The normalized spacial score (nSPS) is 23.7. The van der Waals surface area contributed by atoms with Crippen LogP contribution in [0.25, 0.3) is 0 Å². The lowest BCUT2D eigenvalue weighted by Gasteiger charge is -2.35. The van der Waals surface area contributed by atoms with E-state index in [-0.39, 0.29) is 15.3 Å². The second-order valence-corrected chi connectivity index (χ2v) is 5.14. The average Bonchev–Trinajstić information content (AvgIpc) is 2.24. The van der Waals surface area contributed by atoms with Crippen LogP contribution >= 0.6 is 34.8 Å². The first kappa shape index (κ1) is 13.5. The highest BCUT2D eigenvalue weighted by Crippen LogP contribution is 2.32. The van der Waals surface area contributed by atoms with E-state index in [4.69, 9.17) is 39.5 Å². The van der Waals surface area contributed by atoms with Gasteiger partial charge < -0.3 is 10.1 Å². The highest BCUT2D eigenvalue weighted by Gasteiger charge is 2.37. The number of pyridine rings is 1. The molecule has 4 nitrogen and oxygen atoms in total. The second kappa shape index (κ2) is 4.61. The average molecular weight is 308 g/mol. The minimum atomic E-state index is -1.07. The molecule has 18 heavy (non-hydrogen) atoms. The SMILES string of the molecule is CC1=C(Cl)C(=O)O[C@](C)(c2cc(Cl)nc(Cl)c2)N1. The maximum absolute atomic E-state index is 11.6. The zero-order valence-electron chi connectivity index (χ0n) is 9.55. The zero-order chi connectivity index (χ0) is 13.5. The van der Waals surface area contributed by atoms with Crippen molar-refractivity contribution >= 4 is 40.8 Å². The summed E-state index contributed by atoms with van der Waals surface area (Å²) in [6.45, 7) is 3.37. The molecule has 2 rings (SSSR count). The third-order valence-electron chi connectivity index (χ3n) is 2.54. The third-order valence-corrected chi connectivity index (χ3v) is 3.37. The summed E-state index contributed by atoms with van der Waals surface area (Å²) in [6.07, 6.45) is 0. The second-order valence-electron chi connectivity index (χ2n) is 3.99. The molecular formula is C11H9Cl3N2O2. The van der Waals surface area contributed by atoms with E-state index in [1.807, 2.05) is 0 Å².